The van der Waals surface area contributed by atoms with Crippen LogP contribution < -0.4 is 5.73 Å². The Morgan fingerprint density at radius 2 is 2.57 bits per heavy atom. The van der Waals surface area contributed by atoms with Gasteiger partial charge in [-0.2, -0.15) is 5.26 Å². The average molecular weight is 96.1 g/mol. The number of rotatable bonds is 1. The van der Waals surface area contributed by atoms with Gasteiger partial charge in [-0.15, -0.1) is 0 Å². The third-order valence-electron chi connectivity index (χ3n) is 0.515. The molecule has 0 aromatic heterocycles. The van der Waals surface area contributed by atoms with Gasteiger partial charge in [0.2, 0.25) is 0 Å². The Morgan fingerprint density at radius 3 is 2.71 bits per heavy atom. The highest BCUT2D eigenvalue weighted by atomic mass is 14.5. The predicted molar refractivity (Wildman–Crippen MR) is 28.2 cm³/mol. The lowest BCUT2D eigenvalue weighted by molar-refractivity contribution is 1.24. The minimum atomic E-state index is 0.419. The summed E-state index contributed by atoms with van der Waals surface area (Å²) >= 11 is 0. The van der Waals surface area contributed by atoms with Crippen molar-refractivity contribution >= 4 is 0 Å². The molecule has 0 fully saturated rings. The smallest absolute Gasteiger partial charge is 0.0664 e. The summed E-state index contributed by atoms with van der Waals surface area (Å²) in [5.74, 6) is 0. The van der Waals surface area contributed by atoms with Crippen LogP contribution in [0.3, 0.4) is 0 Å². The van der Waals surface area contributed by atoms with E-state index in [1.807, 2.05) is 6.07 Å². The predicted octanol–water partition coefficient (Wildman–Crippen LogP) is 0.763. The minimum Gasteiger partial charge on any atom is -0.402 e. The lowest BCUT2D eigenvalue weighted by atomic mass is 10.4. The zero-order valence-electron chi connectivity index (χ0n) is 4.31. The third-order valence-corrected chi connectivity index (χ3v) is 0.515. The number of allylic oxidation sites excluding steroid dienone is 2. The fourth-order valence-electron chi connectivity index (χ4n) is 0.207. The third kappa shape index (κ3) is 5.03. The molecule has 0 atom stereocenters. The van der Waals surface area contributed by atoms with E-state index in [1.165, 1.54) is 0 Å². The summed E-state index contributed by atoms with van der Waals surface area (Å²) in [7, 11) is 0. The summed E-state index contributed by atoms with van der Waals surface area (Å²) in [6, 6.07) is 1.94. The zero-order chi connectivity index (χ0) is 5.70. The molecule has 0 saturated heterocycles. The van der Waals surface area contributed by atoms with Crippen molar-refractivity contribution in [1.29, 1.82) is 5.26 Å². The van der Waals surface area contributed by atoms with Gasteiger partial charge in [-0.25, -0.2) is 0 Å². The molecule has 0 aliphatic carbocycles. The number of hydrogen-bond donors (Lipinski definition) is 1. The molecule has 0 unspecified atom stereocenters. The second-order valence-corrected chi connectivity index (χ2v) is 1.31. The van der Waals surface area contributed by atoms with Gasteiger partial charge < -0.3 is 5.73 Å². The first-order valence-electron chi connectivity index (χ1n) is 2.06. The number of nitrogens with two attached hydrogens (primary N) is 1. The van der Waals surface area contributed by atoms with Crippen molar-refractivity contribution in [3.63, 3.8) is 0 Å². The summed E-state index contributed by atoms with van der Waals surface area (Å²) < 4.78 is 0. The van der Waals surface area contributed by atoms with Crippen molar-refractivity contribution in [3.8, 4) is 6.07 Å². The molecule has 0 aliphatic heterocycles. The first-order chi connectivity index (χ1) is 3.27. The molecule has 0 rings (SSSR count). The van der Waals surface area contributed by atoms with E-state index in [0.29, 0.717) is 12.1 Å². The van der Waals surface area contributed by atoms with E-state index in [4.69, 9.17) is 11.0 Å². The first-order valence-corrected chi connectivity index (χ1v) is 2.06. The summed E-state index contributed by atoms with van der Waals surface area (Å²) in [5, 5.41) is 7.96. The van der Waals surface area contributed by atoms with Gasteiger partial charge in [0.15, 0.2) is 0 Å². The molecule has 0 aliphatic rings. The van der Waals surface area contributed by atoms with Gasteiger partial charge in [-0.05, 0) is 6.92 Å². The van der Waals surface area contributed by atoms with Crippen LogP contribution in [0.4, 0.5) is 0 Å². The minimum absolute atomic E-state index is 0.419. The van der Waals surface area contributed by atoms with Crippen LogP contribution in [0.1, 0.15) is 13.3 Å². The number of nitrogens with zero attached hydrogens (tertiary/aromatic N) is 1. The summed E-state index contributed by atoms with van der Waals surface area (Å²) in [4.78, 5) is 0. The quantitative estimate of drug-likeness (QED) is 0.524. The molecule has 0 bridgehead atoms. The fraction of sp³-hybridized carbons (Fsp3) is 0.400. The molecule has 38 valence electrons. The molecule has 2 N–H and O–H groups in total. The van der Waals surface area contributed by atoms with Crippen LogP contribution >= 0.6 is 0 Å². The molecular formula is C5H8N2. The number of hydrogen-bond acceptors (Lipinski definition) is 2. The molecule has 0 spiro atoms. The Labute approximate surface area is 43.2 Å². The first kappa shape index (κ1) is 6.03. The molecule has 0 radical (unpaired) electrons. The SMILES string of the molecule is CC(N)=CCC#N. The molecule has 2 nitrogen and oxygen atoms in total. The molecule has 7 heavy (non-hydrogen) atoms. The van der Waals surface area contributed by atoms with Gasteiger partial charge >= 0.3 is 0 Å². The van der Waals surface area contributed by atoms with Crippen molar-refractivity contribution in [3.05, 3.63) is 11.8 Å². The van der Waals surface area contributed by atoms with Gasteiger partial charge in [-0.3, -0.25) is 0 Å². The van der Waals surface area contributed by atoms with E-state index < -0.39 is 0 Å². The zero-order valence-corrected chi connectivity index (χ0v) is 4.31. The van der Waals surface area contributed by atoms with E-state index in [1.54, 1.807) is 13.0 Å². The molecule has 2 heteroatoms. The molecule has 0 heterocycles. The van der Waals surface area contributed by atoms with Crippen LogP contribution in [0, 0.1) is 11.3 Å². The maximum atomic E-state index is 7.96. The van der Waals surface area contributed by atoms with Crippen LogP contribution in [0.25, 0.3) is 0 Å². The van der Waals surface area contributed by atoms with Crippen molar-refractivity contribution in [2.45, 2.75) is 13.3 Å². The van der Waals surface area contributed by atoms with Crippen LogP contribution in [0.15, 0.2) is 11.8 Å². The normalized spacial score (nSPS) is 10.6. The van der Waals surface area contributed by atoms with Gasteiger partial charge in [0.1, 0.15) is 0 Å². The van der Waals surface area contributed by atoms with Gasteiger partial charge in [0.25, 0.3) is 0 Å². The van der Waals surface area contributed by atoms with Crippen LogP contribution in [-0.4, -0.2) is 0 Å². The highest BCUT2D eigenvalue weighted by molar-refractivity contribution is 4.96. The Balaban J connectivity index is 3.32. The Bertz CT molecular complexity index is 104. The highest BCUT2D eigenvalue weighted by Gasteiger charge is 1.72. The van der Waals surface area contributed by atoms with E-state index in [-0.39, 0.29) is 0 Å². The van der Waals surface area contributed by atoms with Gasteiger partial charge in [-0.1, -0.05) is 6.08 Å². The topological polar surface area (TPSA) is 49.8 Å². The lowest BCUT2D eigenvalue weighted by Crippen LogP contribution is -1.88. The van der Waals surface area contributed by atoms with Gasteiger partial charge in [0, 0.05) is 5.70 Å². The Morgan fingerprint density at radius 1 is 2.00 bits per heavy atom. The van der Waals surface area contributed by atoms with E-state index in [9.17, 15) is 0 Å². The Hall–Kier alpha value is -0.970. The fourth-order valence-corrected chi connectivity index (χ4v) is 0.207. The summed E-state index contributed by atoms with van der Waals surface area (Å²) in [6.07, 6.45) is 2.10. The molecule has 0 amide bonds. The van der Waals surface area contributed by atoms with Crippen molar-refractivity contribution in [2.75, 3.05) is 0 Å². The van der Waals surface area contributed by atoms with E-state index in [2.05, 4.69) is 0 Å². The van der Waals surface area contributed by atoms with E-state index in [0.717, 1.165) is 0 Å². The molecule has 0 aromatic carbocycles. The van der Waals surface area contributed by atoms with Crippen LogP contribution in [0.2, 0.25) is 0 Å². The maximum Gasteiger partial charge on any atom is 0.0664 e. The van der Waals surface area contributed by atoms with Crippen LogP contribution in [-0.2, 0) is 0 Å². The largest absolute Gasteiger partial charge is 0.402 e. The van der Waals surface area contributed by atoms with Crippen LogP contribution in [0.5, 0.6) is 0 Å². The van der Waals surface area contributed by atoms with Gasteiger partial charge in [0.05, 0.1) is 12.5 Å². The Kier molecular flexibility index (Phi) is 2.78. The number of nitriles is 1. The van der Waals surface area contributed by atoms with Crippen molar-refractivity contribution in [1.82, 2.24) is 0 Å². The highest BCUT2D eigenvalue weighted by Crippen LogP contribution is 1.82. The average Bonchev–Trinajstić information content (AvgIpc) is 1.61. The van der Waals surface area contributed by atoms with Crippen molar-refractivity contribution < 1.29 is 0 Å². The second kappa shape index (κ2) is 3.23. The molecular weight excluding hydrogens is 88.1 g/mol. The second-order valence-electron chi connectivity index (χ2n) is 1.31. The molecule has 0 saturated carbocycles. The lowest BCUT2D eigenvalue weighted by Gasteiger charge is -1.80. The summed E-state index contributed by atoms with van der Waals surface area (Å²) in [6.45, 7) is 1.76. The maximum absolute atomic E-state index is 7.96. The monoisotopic (exact) mass is 96.1 g/mol. The van der Waals surface area contributed by atoms with Crippen molar-refractivity contribution in [2.24, 2.45) is 5.73 Å². The summed E-state index contributed by atoms with van der Waals surface area (Å²) in [5.41, 5.74) is 5.90. The van der Waals surface area contributed by atoms with E-state index >= 15 is 0 Å². The standard InChI is InChI=1S/C5H8N2/c1-5(7)3-2-4-6/h3H,2,7H2,1H3. The molecule has 0 aromatic rings.